The zero-order chi connectivity index (χ0) is 16.3. The van der Waals surface area contributed by atoms with E-state index >= 15 is 0 Å². The minimum atomic E-state index is -0.147. The molecule has 2 aromatic rings. The van der Waals surface area contributed by atoms with Crippen LogP contribution in [-0.2, 0) is 11.3 Å². The Balaban J connectivity index is 1.74. The lowest BCUT2D eigenvalue weighted by Gasteiger charge is -2.10. The van der Waals surface area contributed by atoms with Gasteiger partial charge >= 0.3 is 0 Å². The van der Waals surface area contributed by atoms with Gasteiger partial charge in [0.1, 0.15) is 11.5 Å². The summed E-state index contributed by atoms with van der Waals surface area (Å²) < 4.78 is 11.1. The van der Waals surface area contributed by atoms with Crippen molar-refractivity contribution >= 4 is 5.91 Å². The van der Waals surface area contributed by atoms with Gasteiger partial charge in [0.2, 0.25) is 0 Å². The maximum atomic E-state index is 11.8. The van der Waals surface area contributed by atoms with E-state index in [1.54, 1.807) is 6.07 Å². The van der Waals surface area contributed by atoms with Crippen molar-refractivity contribution < 1.29 is 14.3 Å². The summed E-state index contributed by atoms with van der Waals surface area (Å²) in [6.07, 6.45) is 2.12. The largest absolute Gasteiger partial charge is 0.493 e. The molecule has 0 fully saturated rings. The third-order valence-electron chi connectivity index (χ3n) is 3.27. The molecule has 1 N–H and O–H groups in total. The molecule has 2 rings (SSSR count). The van der Waals surface area contributed by atoms with Crippen molar-refractivity contribution in [1.29, 1.82) is 0 Å². The summed E-state index contributed by atoms with van der Waals surface area (Å²) in [7, 11) is 0. The van der Waals surface area contributed by atoms with Crippen LogP contribution in [0.1, 0.15) is 25.3 Å². The molecule has 122 valence electrons. The highest BCUT2D eigenvalue weighted by atomic mass is 16.5. The standard InChI is InChI=1S/C19H23NO3/c1-2-3-12-22-17-10-7-11-18(13-17)23-15-19(21)20-14-16-8-5-4-6-9-16/h4-11,13H,2-3,12,14-15H2,1H3,(H,20,21). The molecule has 0 aliphatic heterocycles. The topological polar surface area (TPSA) is 47.6 Å². The van der Waals surface area contributed by atoms with Crippen LogP contribution in [0.5, 0.6) is 11.5 Å². The Morgan fingerprint density at radius 3 is 2.48 bits per heavy atom. The van der Waals surface area contributed by atoms with Gasteiger partial charge in [-0.25, -0.2) is 0 Å². The fourth-order valence-corrected chi connectivity index (χ4v) is 1.98. The molecule has 0 aliphatic carbocycles. The van der Waals surface area contributed by atoms with E-state index in [0.717, 1.165) is 24.2 Å². The number of benzene rings is 2. The Morgan fingerprint density at radius 1 is 1.00 bits per heavy atom. The molecule has 2 aromatic carbocycles. The SMILES string of the molecule is CCCCOc1cccc(OCC(=O)NCc2ccccc2)c1. The van der Waals surface area contributed by atoms with E-state index in [9.17, 15) is 4.79 Å². The van der Waals surface area contributed by atoms with Crippen molar-refractivity contribution in [2.75, 3.05) is 13.2 Å². The van der Waals surface area contributed by atoms with E-state index in [2.05, 4.69) is 12.2 Å². The summed E-state index contributed by atoms with van der Waals surface area (Å²) in [5.41, 5.74) is 1.06. The predicted molar refractivity (Wildman–Crippen MR) is 90.6 cm³/mol. The third-order valence-corrected chi connectivity index (χ3v) is 3.27. The number of carbonyl (C=O) groups excluding carboxylic acids is 1. The maximum absolute atomic E-state index is 11.8. The summed E-state index contributed by atoms with van der Waals surface area (Å²) in [6, 6.07) is 17.2. The molecule has 0 aliphatic rings. The van der Waals surface area contributed by atoms with Gasteiger partial charge < -0.3 is 14.8 Å². The Kier molecular flexibility index (Phi) is 6.98. The lowest BCUT2D eigenvalue weighted by atomic mass is 10.2. The van der Waals surface area contributed by atoms with E-state index in [-0.39, 0.29) is 12.5 Å². The maximum Gasteiger partial charge on any atom is 0.258 e. The van der Waals surface area contributed by atoms with E-state index in [1.165, 1.54) is 0 Å². The monoisotopic (exact) mass is 313 g/mol. The molecule has 0 heterocycles. The quantitative estimate of drug-likeness (QED) is 0.720. The average Bonchev–Trinajstić information content (AvgIpc) is 2.60. The molecular formula is C19H23NO3. The molecule has 0 bridgehead atoms. The first kappa shape index (κ1) is 16.9. The van der Waals surface area contributed by atoms with Gasteiger partial charge in [-0.3, -0.25) is 4.79 Å². The van der Waals surface area contributed by atoms with Crippen molar-refractivity contribution in [2.45, 2.75) is 26.3 Å². The molecular weight excluding hydrogens is 290 g/mol. The average molecular weight is 313 g/mol. The summed E-state index contributed by atoms with van der Waals surface area (Å²) >= 11 is 0. The highest BCUT2D eigenvalue weighted by molar-refractivity contribution is 5.77. The minimum absolute atomic E-state index is 0.00868. The second-order valence-corrected chi connectivity index (χ2v) is 5.23. The van der Waals surface area contributed by atoms with Crippen LogP contribution in [0.2, 0.25) is 0 Å². The Bertz CT molecular complexity index is 599. The fraction of sp³-hybridized carbons (Fsp3) is 0.316. The molecule has 0 aromatic heterocycles. The first-order valence-electron chi connectivity index (χ1n) is 7.94. The first-order chi connectivity index (χ1) is 11.3. The number of ether oxygens (including phenoxy) is 2. The number of rotatable bonds is 9. The molecule has 4 heteroatoms. The van der Waals surface area contributed by atoms with Gasteiger partial charge in [-0.1, -0.05) is 49.7 Å². The molecule has 1 amide bonds. The summed E-state index contributed by atoms with van der Waals surface area (Å²) in [5.74, 6) is 1.25. The zero-order valence-corrected chi connectivity index (χ0v) is 13.5. The van der Waals surface area contributed by atoms with E-state index in [0.29, 0.717) is 18.9 Å². The molecule has 0 saturated carbocycles. The number of amides is 1. The lowest BCUT2D eigenvalue weighted by Crippen LogP contribution is -2.28. The normalized spacial score (nSPS) is 10.1. The molecule has 0 spiro atoms. The van der Waals surface area contributed by atoms with Crippen molar-refractivity contribution in [3.8, 4) is 11.5 Å². The van der Waals surface area contributed by atoms with Crippen molar-refractivity contribution in [3.63, 3.8) is 0 Å². The Morgan fingerprint density at radius 2 is 1.74 bits per heavy atom. The van der Waals surface area contributed by atoms with Gasteiger partial charge in [-0.05, 0) is 24.1 Å². The fourth-order valence-electron chi connectivity index (χ4n) is 1.98. The summed E-state index contributed by atoms with van der Waals surface area (Å²) in [4.78, 5) is 11.8. The van der Waals surface area contributed by atoms with Gasteiger partial charge in [0.05, 0.1) is 6.61 Å². The Hall–Kier alpha value is -2.49. The van der Waals surface area contributed by atoms with Crippen LogP contribution in [0.4, 0.5) is 0 Å². The second kappa shape index (κ2) is 9.51. The van der Waals surface area contributed by atoms with Gasteiger partial charge in [0.25, 0.3) is 5.91 Å². The van der Waals surface area contributed by atoms with Crippen LogP contribution < -0.4 is 14.8 Å². The predicted octanol–water partition coefficient (Wildman–Crippen LogP) is 3.56. The van der Waals surface area contributed by atoms with Crippen LogP contribution >= 0.6 is 0 Å². The lowest BCUT2D eigenvalue weighted by molar-refractivity contribution is -0.123. The zero-order valence-electron chi connectivity index (χ0n) is 13.5. The van der Waals surface area contributed by atoms with Gasteiger partial charge in [-0.2, -0.15) is 0 Å². The van der Waals surface area contributed by atoms with Crippen LogP contribution in [-0.4, -0.2) is 19.1 Å². The number of hydrogen-bond donors (Lipinski definition) is 1. The molecule has 23 heavy (non-hydrogen) atoms. The number of hydrogen-bond acceptors (Lipinski definition) is 3. The molecule has 0 atom stereocenters. The van der Waals surface area contributed by atoms with Gasteiger partial charge in [0.15, 0.2) is 6.61 Å². The van der Waals surface area contributed by atoms with Gasteiger partial charge in [-0.15, -0.1) is 0 Å². The minimum Gasteiger partial charge on any atom is -0.493 e. The van der Waals surface area contributed by atoms with E-state index in [1.807, 2.05) is 48.5 Å². The van der Waals surface area contributed by atoms with Crippen molar-refractivity contribution in [2.24, 2.45) is 0 Å². The van der Waals surface area contributed by atoms with Crippen LogP contribution in [0.25, 0.3) is 0 Å². The number of unbranched alkanes of at least 4 members (excludes halogenated alkanes) is 1. The smallest absolute Gasteiger partial charge is 0.258 e. The third kappa shape index (κ3) is 6.43. The molecule has 0 saturated heterocycles. The number of carbonyl (C=O) groups is 1. The van der Waals surface area contributed by atoms with Crippen LogP contribution in [0, 0.1) is 0 Å². The summed E-state index contributed by atoms with van der Waals surface area (Å²) in [5, 5.41) is 2.83. The Labute approximate surface area is 137 Å². The molecule has 0 unspecified atom stereocenters. The summed E-state index contributed by atoms with van der Waals surface area (Å²) in [6.45, 7) is 3.31. The van der Waals surface area contributed by atoms with Crippen LogP contribution in [0.15, 0.2) is 54.6 Å². The highest BCUT2D eigenvalue weighted by Crippen LogP contribution is 2.19. The first-order valence-corrected chi connectivity index (χ1v) is 7.94. The molecule has 4 nitrogen and oxygen atoms in total. The van der Waals surface area contributed by atoms with Crippen molar-refractivity contribution in [1.82, 2.24) is 5.32 Å². The molecule has 0 radical (unpaired) electrons. The second-order valence-electron chi connectivity index (χ2n) is 5.23. The van der Waals surface area contributed by atoms with E-state index in [4.69, 9.17) is 9.47 Å². The van der Waals surface area contributed by atoms with Crippen LogP contribution in [0.3, 0.4) is 0 Å². The highest BCUT2D eigenvalue weighted by Gasteiger charge is 2.04. The van der Waals surface area contributed by atoms with Crippen molar-refractivity contribution in [3.05, 3.63) is 60.2 Å². The number of nitrogens with one attached hydrogen (secondary N) is 1. The van der Waals surface area contributed by atoms with Gasteiger partial charge in [0, 0.05) is 12.6 Å². The van der Waals surface area contributed by atoms with E-state index < -0.39 is 0 Å².